The zero-order valence-corrected chi connectivity index (χ0v) is 18.1. The predicted molar refractivity (Wildman–Crippen MR) is 123 cm³/mol. The third-order valence-corrected chi connectivity index (χ3v) is 6.01. The second-order valence-electron chi connectivity index (χ2n) is 8.08. The monoisotopic (exact) mass is 419 g/mol. The van der Waals surface area contributed by atoms with Gasteiger partial charge in [0.25, 0.3) is 5.56 Å². The molecule has 162 valence electrons. The molecule has 2 heterocycles. The summed E-state index contributed by atoms with van der Waals surface area (Å²) in [4.78, 5) is 34.6. The Balaban J connectivity index is 1.30. The second kappa shape index (κ2) is 9.31. The van der Waals surface area contributed by atoms with E-state index < -0.39 is 0 Å². The van der Waals surface area contributed by atoms with Gasteiger partial charge in [-0.05, 0) is 38.1 Å². The molecule has 2 aromatic carbocycles. The van der Waals surface area contributed by atoms with Gasteiger partial charge in [-0.1, -0.05) is 30.3 Å². The lowest BCUT2D eigenvalue weighted by Crippen LogP contribution is -2.52. The van der Waals surface area contributed by atoms with Gasteiger partial charge in [-0.15, -0.1) is 0 Å². The molecule has 0 spiro atoms. The van der Waals surface area contributed by atoms with Gasteiger partial charge < -0.3 is 10.2 Å². The fourth-order valence-corrected chi connectivity index (χ4v) is 4.12. The summed E-state index contributed by atoms with van der Waals surface area (Å²) in [6.07, 6.45) is 0. The Morgan fingerprint density at radius 3 is 2.45 bits per heavy atom. The van der Waals surface area contributed by atoms with E-state index in [0.717, 1.165) is 26.2 Å². The quantitative estimate of drug-likeness (QED) is 0.662. The van der Waals surface area contributed by atoms with E-state index in [1.54, 1.807) is 13.0 Å². The lowest BCUT2D eigenvalue weighted by Gasteiger charge is -2.39. The molecule has 1 aromatic heterocycles. The molecule has 0 saturated carbocycles. The van der Waals surface area contributed by atoms with Gasteiger partial charge in [-0.25, -0.2) is 4.98 Å². The van der Waals surface area contributed by atoms with Gasteiger partial charge in [0.1, 0.15) is 12.4 Å². The number of aromatic nitrogens is 2. The summed E-state index contributed by atoms with van der Waals surface area (Å²) in [5, 5.41) is 3.52. The highest BCUT2D eigenvalue weighted by Gasteiger charge is 2.21. The number of aryl methyl sites for hydroxylation is 1. The Bertz CT molecular complexity index is 1100. The van der Waals surface area contributed by atoms with E-state index in [2.05, 4.69) is 51.3 Å². The number of rotatable bonds is 6. The van der Waals surface area contributed by atoms with Crippen LogP contribution in [0, 0.1) is 6.92 Å². The molecule has 31 heavy (non-hydrogen) atoms. The number of carbonyl (C=O) groups excluding carboxylic acids is 1. The number of carbonyl (C=O) groups is 1. The molecule has 1 amide bonds. The van der Waals surface area contributed by atoms with Gasteiger partial charge in [0.05, 0.1) is 10.9 Å². The lowest BCUT2D eigenvalue weighted by molar-refractivity contribution is -0.122. The summed E-state index contributed by atoms with van der Waals surface area (Å²) in [5.74, 6) is 0.376. The molecule has 1 N–H and O–H groups in total. The van der Waals surface area contributed by atoms with Crippen molar-refractivity contribution < 1.29 is 4.79 Å². The molecule has 7 nitrogen and oxygen atoms in total. The minimum atomic E-state index is -0.177. The van der Waals surface area contributed by atoms with Crippen LogP contribution in [0.3, 0.4) is 0 Å². The molecule has 1 unspecified atom stereocenters. The first-order valence-electron chi connectivity index (χ1n) is 10.8. The lowest BCUT2D eigenvalue weighted by atomic mass is 10.2. The Morgan fingerprint density at radius 1 is 1.03 bits per heavy atom. The van der Waals surface area contributed by atoms with Crippen LogP contribution >= 0.6 is 0 Å². The Labute approximate surface area is 182 Å². The number of para-hydroxylation sites is 2. The fraction of sp³-hybridized carbons (Fsp3) is 0.375. The average Bonchev–Trinajstić information content (AvgIpc) is 2.81. The van der Waals surface area contributed by atoms with Crippen molar-refractivity contribution >= 4 is 22.5 Å². The van der Waals surface area contributed by atoms with Crippen molar-refractivity contribution in [2.24, 2.45) is 0 Å². The molecule has 1 aliphatic heterocycles. The second-order valence-corrected chi connectivity index (χ2v) is 8.08. The number of nitrogens with zero attached hydrogens (tertiary/aromatic N) is 4. The maximum Gasteiger partial charge on any atom is 0.261 e. The minimum absolute atomic E-state index is 0.0169. The third kappa shape index (κ3) is 4.77. The van der Waals surface area contributed by atoms with Crippen LogP contribution in [0.2, 0.25) is 0 Å². The predicted octanol–water partition coefficient (Wildman–Crippen LogP) is 2.03. The number of benzene rings is 2. The number of hydrogen-bond donors (Lipinski definition) is 1. The highest BCUT2D eigenvalue weighted by atomic mass is 16.2. The number of nitrogens with one attached hydrogen (secondary N) is 1. The summed E-state index contributed by atoms with van der Waals surface area (Å²) in [5.41, 5.74) is 1.74. The summed E-state index contributed by atoms with van der Waals surface area (Å²) in [7, 11) is 0. The van der Waals surface area contributed by atoms with Gasteiger partial charge in [0.15, 0.2) is 0 Å². The molecule has 0 aliphatic carbocycles. The molecule has 1 fully saturated rings. The summed E-state index contributed by atoms with van der Waals surface area (Å²) in [6.45, 7) is 8.29. The van der Waals surface area contributed by atoms with Gasteiger partial charge in [-0.2, -0.15) is 0 Å². The molecular weight excluding hydrogens is 390 g/mol. The third-order valence-electron chi connectivity index (χ3n) is 6.01. The van der Waals surface area contributed by atoms with Crippen molar-refractivity contribution in [1.82, 2.24) is 19.8 Å². The first kappa shape index (κ1) is 21.1. The molecule has 1 aliphatic rings. The SMILES string of the molecule is Cc1nc2ccccc2c(=O)n1CC(=O)NCC(C)N1CCN(c2ccccc2)CC1. The smallest absolute Gasteiger partial charge is 0.261 e. The fourth-order valence-electron chi connectivity index (χ4n) is 4.12. The van der Waals surface area contributed by atoms with Gasteiger partial charge >= 0.3 is 0 Å². The molecule has 1 atom stereocenters. The van der Waals surface area contributed by atoms with Crippen LogP contribution in [0.1, 0.15) is 12.7 Å². The van der Waals surface area contributed by atoms with E-state index in [1.807, 2.05) is 24.3 Å². The minimum Gasteiger partial charge on any atom is -0.369 e. The maximum absolute atomic E-state index is 12.7. The Hall–Kier alpha value is -3.19. The molecule has 0 bridgehead atoms. The van der Waals surface area contributed by atoms with Gasteiger partial charge in [-0.3, -0.25) is 19.1 Å². The molecule has 1 saturated heterocycles. The molecule has 4 rings (SSSR count). The molecule has 0 radical (unpaired) electrons. The van der Waals surface area contributed by atoms with E-state index >= 15 is 0 Å². The average molecular weight is 420 g/mol. The van der Waals surface area contributed by atoms with Crippen LogP contribution in [-0.2, 0) is 11.3 Å². The van der Waals surface area contributed by atoms with Crippen molar-refractivity contribution in [2.75, 3.05) is 37.6 Å². The van der Waals surface area contributed by atoms with Crippen LogP contribution in [0.25, 0.3) is 10.9 Å². The van der Waals surface area contributed by atoms with E-state index in [9.17, 15) is 9.59 Å². The van der Waals surface area contributed by atoms with E-state index in [4.69, 9.17) is 0 Å². The highest BCUT2D eigenvalue weighted by molar-refractivity contribution is 5.79. The van der Waals surface area contributed by atoms with Crippen molar-refractivity contribution in [3.05, 3.63) is 70.8 Å². The van der Waals surface area contributed by atoms with E-state index in [1.165, 1.54) is 10.3 Å². The van der Waals surface area contributed by atoms with Gasteiger partial charge in [0, 0.05) is 44.5 Å². The Morgan fingerprint density at radius 2 is 1.71 bits per heavy atom. The van der Waals surface area contributed by atoms with Gasteiger partial charge in [0.2, 0.25) is 5.91 Å². The zero-order chi connectivity index (χ0) is 21.8. The zero-order valence-electron chi connectivity index (χ0n) is 18.1. The number of fused-ring (bicyclic) bond motifs is 1. The summed E-state index contributed by atoms with van der Waals surface area (Å²) < 4.78 is 1.45. The van der Waals surface area contributed by atoms with E-state index in [-0.39, 0.29) is 24.1 Å². The molecular formula is C24H29N5O2. The maximum atomic E-state index is 12.7. The van der Waals surface area contributed by atoms with Crippen LogP contribution in [0.5, 0.6) is 0 Å². The van der Waals surface area contributed by atoms with Crippen LogP contribution in [0.4, 0.5) is 5.69 Å². The van der Waals surface area contributed by atoms with Crippen molar-refractivity contribution in [1.29, 1.82) is 0 Å². The van der Waals surface area contributed by atoms with Crippen LogP contribution in [-0.4, -0.2) is 59.1 Å². The first-order chi connectivity index (χ1) is 15.0. The largest absolute Gasteiger partial charge is 0.369 e. The molecule has 3 aromatic rings. The topological polar surface area (TPSA) is 70.5 Å². The summed E-state index contributed by atoms with van der Waals surface area (Å²) >= 11 is 0. The number of piperazine rings is 1. The van der Waals surface area contributed by atoms with Crippen molar-refractivity contribution in [3.8, 4) is 0 Å². The molecule has 7 heteroatoms. The number of hydrogen-bond acceptors (Lipinski definition) is 5. The van der Waals surface area contributed by atoms with Crippen molar-refractivity contribution in [2.45, 2.75) is 26.4 Å². The van der Waals surface area contributed by atoms with Crippen molar-refractivity contribution in [3.63, 3.8) is 0 Å². The number of anilines is 1. The highest BCUT2D eigenvalue weighted by Crippen LogP contribution is 2.16. The van der Waals surface area contributed by atoms with E-state index in [0.29, 0.717) is 23.3 Å². The summed E-state index contributed by atoms with van der Waals surface area (Å²) in [6, 6.07) is 17.9. The standard InChI is InChI=1S/C24H29N5O2/c1-18(27-12-14-28(15-13-27)20-8-4-3-5-9-20)16-25-23(30)17-29-19(2)26-22-11-7-6-10-21(22)24(29)31/h3-11,18H,12-17H2,1-2H3,(H,25,30). The van der Waals surface area contributed by atoms with Crippen LogP contribution < -0.4 is 15.8 Å². The Kier molecular flexibility index (Phi) is 6.32. The normalized spacial score (nSPS) is 15.7. The van der Waals surface area contributed by atoms with Crippen LogP contribution in [0.15, 0.2) is 59.4 Å². The number of amides is 1. The first-order valence-corrected chi connectivity index (χ1v) is 10.8.